The second-order valence-electron chi connectivity index (χ2n) is 7.11. The first-order valence-corrected chi connectivity index (χ1v) is 10.8. The van der Waals surface area contributed by atoms with Crippen LogP contribution in [0.4, 0.5) is 0 Å². The monoisotopic (exact) mass is 373 g/mol. The summed E-state index contributed by atoms with van der Waals surface area (Å²) in [6.45, 7) is 5.07. The van der Waals surface area contributed by atoms with Crippen LogP contribution in [-0.2, 0) is 4.74 Å². The Bertz CT molecular complexity index is 865. The number of benzene rings is 3. The lowest BCUT2D eigenvalue weighted by Crippen LogP contribution is -2.20. The summed E-state index contributed by atoms with van der Waals surface area (Å²) in [7, 11) is -0.570. The smallest absolute Gasteiger partial charge is 0.216 e. The number of nitrogens with zero attached hydrogens (tertiary/aromatic N) is 1. The predicted molar refractivity (Wildman–Crippen MR) is 116 cm³/mol. The Kier molecular flexibility index (Phi) is 5.36. The van der Waals surface area contributed by atoms with Crippen molar-refractivity contribution >= 4 is 29.7 Å². The molecule has 1 aliphatic heterocycles. The molecule has 0 aliphatic carbocycles. The zero-order valence-electron chi connectivity index (χ0n) is 15.7. The summed E-state index contributed by atoms with van der Waals surface area (Å²) < 4.78 is 5.84. The molecule has 0 bridgehead atoms. The van der Waals surface area contributed by atoms with Crippen LogP contribution < -0.4 is 15.9 Å². The molecule has 0 N–H and O–H groups in total. The van der Waals surface area contributed by atoms with Crippen molar-refractivity contribution in [1.29, 1.82) is 0 Å². The maximum absolute atomic E-state index is 5.84. The van der Waals surface area contributed by atoms with Crippen LogP contribution in [0.2, 0.25) is 0 Å². The molecule has 2 nitrogen and oxygen atoms in total. The molecule has 0 fully saturated rings. The molecule has 3 heteroatoms. The maximum Gasteiger partial charge on any atom is 0.216 e. The first kappa shape index (κ1) is 17.9. The molecule has 1 aliphatic rings. The van der Waals surface area contributed by atoms with Gasteiger partial charge in [0.25, 0.3) is 0 Å². The van der Waals surface area contributed by atoms with Crippen LogP contribution >= 0.6 is 7.92 Å². The molecule has 0 unspecified atom stereocenters. The quantitative estimate of drug-likeness (QED) is 0.613. The third-order valence-corrected chi connectivity index (χ3v) is 7.29. The minimum Gasteiger partial charge on any atom is -0.475 e. The Labute approximate surface area is 162 Å². The van der Waals surface area contributed by atoms with Crippen molar-refractivity contribution in [3.8, 4) is 0 Å². The molecule has 3 aromatic carbocycles. The van der Waals surface area contributed by atoms with E-state index in [4.69, 9.17) is 9.73 Å². The van der Waals surface area contributed by atoms with Gasteiger partial charge in [-0.05, 0) is 41.9 Å². The number of aliphatic imine (C=N–C) groups is 1. The van der Waals surface area contributed by atoms with E-state index in [1.54, 1.807) is 0 Å². The Morgan fingerprint density at radius 3 is 1.78 bits per heavy atom. The average Bonchev–Trinajstić information content (AvgIpc) is 3.21. The van der Waals surface area contributed by atoms with E-state index in [1.807, 2.05) is 0 Å². The van der Waals surface area contributed by atoms with E-state index in [2.05, 4.69) is 98.8 Å². The summed E-state index contributed by atoms with van der Waals surface area (Å²) in [6.07, 6.45) is 0. The van der Waals surface area contributed by atoms with Gasteiger partial charge >= 0.3 is 0 Å². The van der Waals surface area contributed by atoms with Crippen molar-refractivity contribution in [2.75, 3.05) is 6.61 Å². The van der Waals surface area contributed by atoms with E-state index in [1.165, 1.54) is 15.9 Å². The van der Waals surface area contributed by atoms with Gasteiger partial charge < -0.3 is 4.74 Å². The molecule has 0 aromatic heterocycles. The fourth-order valence-corrected chi connectivity index (χ4v) is 5.53. The van der Waals surface area contributed by atoms with Crippen LogP contribution in [0.3, 0.4) is 0 Å². The third kappa shape index (κ3) is 3.96. The van der Waals surface area contributed by atoms with E-state index in [0.29, 0.717) is 12.5 Å². The minimum absolute atomic E-state index is 0.269. The van der Waals surface area contributed by atoms with Crippen molar-refractivity contribution in [3.05, 3.63) is 90.5 Å². The average molecular weight is 373 g/mol. The fourth-order valence-electron chi connectivity index (χ4n) is 3.24. The van der Waals surface area contributed by atoms with E-state index in [9.17, 15) is 0 Å². The Balaban J connectivity index is 1.67. The highest BCUT2D eigenvalue weighted by Crippen LogP contribution is 2.32. The van der Waals surface area contributed by atoms with Gasteiger partial charge in [0.15, 0.2) is 0 Å². The Hall–Kier alpha value is -2.44. The zero-order valence-corrected chi connectivity index (χ0v) is 16.6. The van der Waals surface area contributed by atoms with E-state index in [0.717, 1.165) is 11.5 Å². The van der Waals surface area contributed by atoms with Crippen LogP contribution in [0, 0.1) is 5.92 Å². The van der Waals surface area contributed by atoms with E-state index in [-0.39, 0.29) is 6.04 Å². The minimum atomic E-state index is -0.570. The number of rotatable bonds is 5. The van der Waals surface area contributed by atoms with Gasteiger partial charge in [-0.25, -0.2) is 4.99 Å². The highest BCUT2D eigenvalue weighted by molar-refractivity contribution is 7.79. The zero-order chi connectivity index (χ0) is 18.6. The molecule has 0 spiro atoms. The van der Waals surface area contributed by atoms with E-state index >= 15 is 0 Å². The molecule has 136 valence electrons. The number of ether oxygens (including phenoxy) is 1. The van der Waals surface area contributed by atoms with Crippen LogP contribution in [0.15, 0.2) is 89.9 Å². The highest BCUT2D eigenvalue weighted by Gasteiger charge is 2.23. The SMILES string of the molecule is CC(C)[C@@H]1COC(c2ccc(P(c3ccccc3)c3ccccc3)cc2)=N1. The summed E-state index contributed by atoms with van der Waals surface area (Å²) >= 11 is 0. The van der Waals surface area contributed by atoms with Crippen LogP contribution in [0.5, 0.6) is 0 Å². The molecular weight excluding hydrogens is 349 g/mol. The second kappa shape index (κ2) is 8.06. The normalized spacial score (nSPS) is 16.4. The largest absolute Gasteiger partial charge is 0.475 e. The summed E-state index contributed by atoms with van der Waals surface area (Å²) in [5.74, 6) is 1.29. The van der Waals surface area contributed by atoms with Gasteiger partial charge in [-0.3, -0.25) is 0 Å². The van der Waals surface area contributed by atoms with Gasteiger partial charge in [-0.1, -0.05) is 86.6 Å². The second-order valence-corrected chi connectivity index (χ2v) is 9.33. The van der Waals surface area contributed by atoms with Crippen molar-refractivity contribution < 1.29 is 4.74 Å². The topological polar surface area (TPSA) is 21.6 Å². The first-order chi connectivity index (χ1) is 13.2. The van der Waals surface area contributed by atoms with Gasteiger partial charge in [0.2, 0.25) is 5.90 Å². The van der Waals surface area contributed by atoms with Gasteiger partial charge in [0, 0.05) is 5.56 Å². The molecule has 0 radical (unpaired) electrons. The molecule has 1 heterocycles. The maximum atomic E-state index is 5.84. The number of hydrogen-bond acceptors (Lipinski definition) is 2. The molecule has 0 saturated heterocycles. The lowest BCUT2D eigenvalue weighted by Gasteiger charge is -2.19. The standard InChI is InChI=1S/C24H24NOP/c1-18(2)23-17-26-24(25-23)19-13-15-22(16-14-19)27(20-9-5-3-6-10-20)21-11-7-4-8-12-21/h3-16,18,23H,17H2,1-2H3/t23-/m0/s1. The van der Waals surface area contributed by atoms with Gasteiger partial charge in [0.1, 0.15) is 6.61 Å². The van der Waals surface area contributed by atoms with Crippen molar-refractivity contribution in [2.24, 2.45) is 10.9 Å². The van der Waals surface area contributed by atoms with Gasteiger partial charge in [-0.15, -0.1) is 0 Å². The highest BCUT2D eigenvalue weighted by atomic mass is 31.1. The molecule has 1 atom stereocenters. The van der Waals surface area contributed by atoms with Crippen LogP contribution in [0.25, 0.3) is 0 Å². The molecule has 0 amide bonds. The van der Waals surface area contributed by atoms with Crippen molar-refractivity contribution in [1.82, 2.24) is 0 Å². The number of hydrogen-bond donors (Lipinski definition) is 0. The fraction of sp³-hybridized carbons (Fsp3) is 0.208. The lowest BCUT2D eigenvalue weighted by molar-refractivity contribution is 0.292. The lowest BCUT2D eigenvalue weighted by atomic mass is 10.1. The molecule has 3 aromatic rings. The van der Waals surface area contributed by atoms with Gasteiger partial charge in [0.05, 0.1) is 6.04 Å². The first-order valence-electron chi connectivity index (χ1n) is 9.43. The summed E-state index contributed by atoms with van der Waals surface area (Å²) in [5, 5.41) is 4.06. The molecule has 4 rings (SSSR count). The molecule has 0 saturated carbocycles. The molecular formula is C24H24NOP. The summed E-state index contributed by atoms with van der Waals surface area (Å²) in [5.41, 5.74) is 1.07. The summed E-state index contributed by atoms with van der Waals surface area (Å²) in [6, 6.07) is 30.6. The van der Waals surface area contributed by atoms with Crippen LogP contribution in [0.1, 0.15) is 19.4 Å². The van der Waals surface area contributed by atoms with Crippen molar-refractivity contribution in [3.63, 3.8) is 0 Å². The molecule has 27 heavy (non-hydrogen) atoms. The third-order valence-electron chi connectivity index (χ3n) is 4.84. The Morgan fingerprint density at radius 1 is 0.778 bits per heavy atom. The predicted octanol–water partition coefficient (Wildman–Crippen LogP) is 4.25. The van der Waals surface area contributed by atoms with E-state index < -0.39 is 7.92 Å². The van der Waals surface area contributed by atoms with Crippen LogP contribution in [-0.4, -0.2) is 18.5 Å². The van der Waals surface area contributed by atoms with Crippen molar-refractivity contribution in [2.45, 2.75) is 19.9 Å². The Morgan fingerprint density at radius 2 is 1.30 bits per heavy atom. The van der Waals surface area contributed by atoms with Gasteiger partial charge in [-0.2, -0.15) is 0 Å². The summed E-state index contributed by atoms with van der Waals surface area (Å²) in [4.78, 5) is 4.75.